The predicted molar refractivity (Wildman–Crippen MR) is 76.2 cm³/mol. The summed E-state index contributed by atoms with van der Waals surface area (Å²) in [4.78, 5) is 34.2. The van der Waals surface area contributed by atoms with Gasteiger partial charge < -0.3 is 15.5 Å². The zero-order chi connectivity index (χ0) is 16.3. The summed E-state index contributed by atoms with van der Waals surface area (Å²) in [5, 5.41) is 24.1. The highest BCUT2D eigenvalue weighted by Crippen LogP contribution is 2.13. The van der Waals surface area contributed by atoms with E-state index in [2.05, 4.69) is 10.4 Å². The number of hydrogen-bond acceptors (Lipinski definition) is 5. The molecule has 0 unspecified atom stereocenters. The lowest BCUT2D eigenvalue weighted by Gasteiger charge is -2.09. The van der Waals surface area contributed by atoms with Crippen molar-refractivity contribution < 1.29 is 19.8 Å². The number of amides is 1. The van der Waals surface area contributed by atoms with Crippen molar-refractivity contribution in [3.8, 4) is 11.4 Å². The van der Waals surface area contributed by atoms with Gasteiger partial charge in [0.15, 0.2) is 11.4 Å². The van der Waals surface area contributed by atoms with E-state index >= 15 is 0 Å². The Hall–Kier alpha value is -3.16. The van der Waals surface area contributed by atoms with Crippen molar-refractivity contribution in [2.45, 2.75) is 6.92 Å². The number of nitrogens with zero attached hydrogens (tertiary/aromatic N) is 2. The zero-order valence-electron chi connectivity index (χ0n) is 11.6. The lowest BCUT2D eigenvalue weighted by molar-refractivity contribution is -0.135. The molecule has 1 aromatic heterocycles. The minimum atomic E-state index is -1.24. The molecule has 2 rings (SSSR count). The van der Waals surface area contributed by atoms with E-state index < -0.39 is 35.4 Å². The van der Waals surface area contributed by atoms with E-state index in [1.54, 1.807) is 18.2 Å². The molecule has 114 valence electrons. The molecule has 0 fully saturated rings. The maximum atomic E-state index is 11.9. The Bertz CT molecular complexity index is 797. The van der Waals surface area contributed by atoms with Crippen LogP contribution >= 0.6 is 0 Å². The summed E-state index contributed by atoms with van der Waals surface area (Å²) in [5.41, 5.74) is 0.272. The van der Waals surface area contributed by atoms with Crippen LogP contribution in [-0.4, -0.2) is 38.4 Å². The van der Waals surface area contributed by atoms with Crippen LogP contribution in [0.15, 0.2) is 35.1 Å². The minimum absolute atomic E-state index is 0.428. The smallest absolute Gasteiger partial charge is 0.322 e. The molecule has 3 N–H and O–H groups in total. The molecule has 1 heterocycles. The SMILES string of the molecule is Cc1cccc(-n2nc(C(=O)NCC(=O)O)c(O)cc2=O)c1. The number of rotatable bonds is 4. The highest BCUT2D eigenvalue weighted by molar-refractivity contribution is 5.96. The van der Waals surface area contributed by atoms with Gasteiger partial charge in [-0.2, -0.15) is 9.78 Å². The number of hydrogen-bond donors (Lipinski definition) is 3. The number of aryl methyl sites for hydroxylation is 1. The third-order valence-electron chi connectivity index (χ3n) is 2.77. The van der Waals surface area contributed by atoms with Crippen LogP contribution in [0.25, 0.3) is 5.69 Å². The van der Waals surface area contributed by atoms with Crippen LogP contribution in [0.4, 0.5) is 0 Å². The van der Waals surface area contributed by atoms with Gasteiger partial charge in [0.2, 0.25) is 0 Å². The van der Waals surface area contributed by atoms with Crippen LogP contribution in [0.2, 0.25) is 0 Å². The lowest BCUT2D eigenvalue weighted by Crippen LogP contribution is -2.32. The fraction of sp³-hybridized carbons (Fsp3) is 0.143. The maximum Gasteiger partial charge on any atom is 0.322 e. The minimum Gasteiger partial charge on any atom is -0.505 e. The highest BCUT2D eigenvalue weighted by Gasteiger charge is 2.17. The van der Waals surface area contributed by atoms with E-state index in [9.17, 15) is 19.5 Å². The Morgan fingerprint density at radius 1 is 1.32 bits per heavy atom. The Morgan fingerprint density at radius 2 is 2.05 bits per heavy atom. The number of benzene rings is 1. The maximum absolute atomic E-state index is 11.9. The van der Waals surface area contributed by atoms with Gasteiger partial charge in [0, 0.05) is 6.07 Å². The molecule has 1 aromatic carbocycles. The first-order valence-electron chi connectivity index (χ1n) is 6.29. The van der Waals surface area contributed by atoms with Crippen LogP contribution in [-0.2, 0) is 4.79 Å². The van der Waals surface area contributed by atoms with Crippen LogP contribution in [0, 0.1) is 6.92 Å². The molecule has 0 aliphatic heterocycles. The summed E-state index contributed by atoms with van der Waals surface area (Å²) in [5.74, 6) is -2.74. The van der Waals surface area contributed by atoms with Crippen LogP contribution in [0.3, 0.4) is 0 Å². The third-order valence-corrected chi connectivity index (χ3v) is 2.77. The number of carbonyl (C=O) groups is 2. The number of carbonyl (C=O) groups excluding carboxylic acids is 1. The molecule has 1 amide bonds. The molecular formula is C14H13N3O5. The van der Waals surface area contributed by atoms with Gasteiger partial charge in [0.1, 0.15) is 6.54 Å². The number of aromatic hydroxyl groups is 1. The molecule has 0 saturated carbocycles. The van der Waals surface area contributed by atoms with E-state index in [0.29, 0.717) is 5.69 Å². The second-order valence-corrected chi connectivity index (χ2v) is 4.54. The van der Waals surface area contributed by atoms with E-state index in [4.69, 9.17) is 5.11 Å². The van der Waals surface area contributed by atoms with Gasteiger partial charge in [-0.05, 0) is 24.6 Å². The van der Waals surface area contributed by atoms with Crippen LogP contribution in [0.5, 0.6) is 5.75 Å². The van der Waals surface area contributed by atoms with E-state index in [-0.39, 0.29) is 0 Å². The largest absolute Gasteiger partial charge is 0.505 e. The lowest BCUT2D eigenvalue weighted by atomic mass is 10.2. The second kappa shape index (κ2) is 6.08. The molecule has 0 aliphatic rings. The number of carboxylic acids is 1. The second-order valence-electron chi connectivity index (χ2n) is 4.54. The number of nitrogens with one attached hydrogen (secondary N) is 1. The first kappa shape index (κ1) is 15.2. The predicted octanol–water partition coefficient (Wildman–Crippen LogP) is 0.0609. The Morgan fingerprint density at radius 3 is 2.68 bits per heavy atom. The van der Waals surface area contributed by atoms with Gasteiger partial charge in [-0.1, -0.05) is 12.1 Å². The summed E-state index contributed by atoms with van der Waals surface area (Å²) in [7, 11) is 0. The van der Waals surface area contributed by atoms with Gasteiger partial charge in [-0.25, -0.2) is 0 Å². The molecule has 8 nitrogen and oxygen atoms in total. The quantitative estimate of drug-likeness (QED) is 0.734. The summed E-state index contributed by atoms with van der Waals surface area (Å²) in [6, 6.07) is 7.71. The molecular weight excluding hydrogens is 290 g/mol. The molecule has 8 heteroatoms. The molecule has 0 radical (unpaired) electrons. The molecule has 22 heavy (non-hydrogen) atoms. The standard InChI is InChI=1S/C14H13N3O5/c1-8-3-2-4-9(5-8)17-11(19)6-10(18)13(16-17)14(22)15-7-12(20)21/h2-6,18H,7H2,1H3,(H,15,22)(H,20,21). The van der Waals surface area contributed by atoms with Gasteiger partial charge in [-0.3, -0.25) is 14.4 Å². The first-order valence-corrected chi connectivity index (χ1v) is 6.29. The van der Waals surface area contributed by atoms with Crippen molar-refractivity contribution in [3.05, 3.63) is 51.9 Å². The summed E-state index contributed by atoms with van der Waals surface area (Å²) in [6.07, 6.45) is 0. The summed E-state index contributed by atoms with van der Waals surface area (Å²) < 4.78 is 0.961. The van der Waals surface area contributed by atoms with Gasteiger partial charge in [-0.15, -0.1) is 0 Å². The Labute approximate surface area is 124 Å². The van der Waals surface area contributed by atoms with Gasteiger partial charge in [0.05, 0.1) is 5.69 Å². The molecule has 0 saturated heterocycles. The summed E-state index contributed by atoms with van der Waals surface area (Å²) >= 11 is 0. The van der Waals surface area contributed by atoms with Crippen molar-refractivity contribution in [1.82, 2.24) is 15.1 Å². The topological polar surface area (TPSA) is 122 Å². The van der Waals surface area contributed by atoms with E-state index in [0.717, 1.165) is 16.3 Å². The summed E-state index contributed by atoms with van der Waals surface area (Å²) in [6.45, 7) is 1.21. The fourth-order valence-corrected chi connectivity index (χ4v) is 1.79. The average Bonchev–Trinajstić information content (AvgIpc) is 2.44. The number of carboxylic acid groups (broad SMARTS) is 1. The fourth-order valence-electron chi connectivity index (χ4n) is 1.79. The van der Waals surface area contributed by atoms with Crippen molar-refractivity contribution in [2.24, 2.45) is 0 Å². The average molecular weight is 303 g/mol. The van der Waals surface area contributed by atoms with Crippen LogP contribution in [0.1, 0.15) is 16.1 Å². The third kappa shape index (κ3) is 3.29. The molecule has 0 aliphatic carbocycles. The van der Waals surface area contributed by atoms with Crippen molar-refractivity contribution in [1.29, 1.82) is 0 Å². The Kier molecular flexibility index (Phi) is 4.21. The van der Waals surface area contributed by atoms with Gasteiger partial charge in [0.25, 0.3) is 11.5 Å². The highest BCUT2D eigenvalue weighted by atomic mass is 16.4. The van der Waals surface area contributed by atoms with Crippen molar-refractivity contribution in [2.75, 3.05) is 6.54 Å². The van der Waals surface area contributed by atoms with E-state index in [1.807, 2.05) is 13.0 Å². The monoisotopic (exact) mass is 303 g/mol. The Balaban J connectivity index is 2.45. The van der Waals surface area contributed by atoms with Gasteiger partial charge >= 0.3 is 5.97 Å². The first-order chi connectivity index (χ1) is 10.4. The van der Waals surface area contributed by atoms with Crippen LogP contribution < -0.4 is 10.9 Å². The molecule has 0 bridgehead atoms. The molecule has 2 aromatic rings. The normalized spacial score (nSPS) is 10.2. The zero-order valence-corrected chi connectivity index (χ0v) is 11.6. The molecule has 0 atom stereocenters. The van der Waals surface area contributed by atoms with Crippen molar-refractivity contribution in [3.63, 3.8) is 0 Å². The van der Waals surface area contributed by atoms with E-state index in [1.165, 1.54) is 0 Å². The number of aliphatic carboxylic acids is 1. The molecule has 0 spiro atoms. The number of aromatic nitrogens is 2. The van der Waals surface area contributed by atoms with Crippen molar-refractivity contribution >= 4 is 11.9 Å².